The number of ether oxygens (including phenoxy) is 2. The SMILES string of the molecule is CC1(CNc2ccc(CN3CCOCC3)cc2)COC1. The van der Waals surface area contributed by atoms with E-state index in [1.807, 2.05) is 0 Å². The highest BCUT2D eigenvalue weighted by atomic mass is 16.5. The number of hydrogen-bond acceptors (Lipinski definition) is 4. The number of rotatable bonds is 5. The molecule has 2 fully saturated rings. The first-order chi connectivity index (χ1) is 9.73. The average molecular weight is 276 g/mol. The molecule has 0 aromatic heterocycles. The van der Waals surface area contributed by atoms with E-state index >= 15 is 0 Å². The number of nitrogens with one attached hydrogen (secondary N) is 1. The van der Waals surface area contributed by atoms with Gasteiger partial charge in [-0.05, 0) is 17.7 Å². The van der Waals surface area contributed by atoms with Gasteiger partial charge in [0, 0.05) is 37.3 Å². The normalized spacial score (nSPS) is 22.2. The summed E-state index contributed by atoms with van der Waals surface area (Å²) in [4.78, 5) is 2.44. The van der Waals surface area contributed by atoms with Crippen LogP contribution in [0.25, 0.3) is 0 Å². The Balaban J connectivity index is 1.49. The van der Waals surface area contributed by atoms with Crippen molar-refractivity contribution in [2.24, 2.45) is 5.41 Å². The van der Waals surface area contributed by atoms with Gasteiger partial charge in [0.05, 0.1) is 26.4 Å². The van der Waals surface area contributed by atoms with Crippen LogP contribution in [0.4, 0.5) is 5.69 Å². The third-order valence-corrected chi connectivity index (χ3v) is 4.08. The monoisotopic (exact) mass is 276 g/mol. The van der Waals surface area contributed by atoms with Crippen molar-refractivity contribution in [1.82, 2.24) is 4.90 Å². The van der Waals surface area contributed by atoms with E-state index in [9.17, 15) is 0 Å². The van der Waals surface area contributed by atoms with Crippen LogP contribution in [-0.2, 0) is 16.0 Å². The molecule has 0 unspecified atom stereocenters. The molecule has 2 saturated heterocycles. The van der Waals surface area contributed by atoms with Crippen molar-refractivity contribution in [3.05, 3.63) is 29.8 Å². The van der Waals surface area contributed by atoms with Gasteiger partial charge in [0.1, 0.15) is 0 Å². The molecule has 0 atom stereocenters. The quantitative estimate of drug-likeness (QED) is 0.891. The third-order valence-electron chi connectivity index (χ3n) is 4.08. The van der Waals surface area contributed by atoms with E-state index in [2.05, 4.69) is 41.4 Å². The zero-order valence-corrected chi connectivity index (χ0v) is 12.2. The molecule has 0 saturated carbocycles. The van der Waals surface area contributed by atoms with E-state index in [1.54, 1.807) is 0 Å². The fourth-order valence-corrected chi connectivity index (χ4v) is 2.61. The molecule has 4 heteroatoms. The summed E-state index contributed by atoms with van der Waals surface area (Å²) in [6.07, 6.45) is 0. The minimum absolute atomic E-state index is 0.312. The molecule has 110 valence electrons. The Kier molecular flexibility index (Phi) is 4.24. The average Bonchev–Trinajstić information content (AvgIpc) is 2.46. The van der Waals surface area contributed by atoms with Gasteiger partial charge >= 0.3 is 0 Å². The Morgan fingerprint density at radius 1 is 1.10 bits per heavy atom. The molecule has 0 spiro atoms. The van der Waals surface area contributed by atoms with Crippen molar-refractivity contribution in [1.29, 1.82) is 0 Å². The van der Waals surface area contributed by atoms with Crippen molar-refractivity contribution in [3.8, 4) is 0 Å². The molecule has 0 aliphatic carbocycles. The summed E-state index contributed by atoms with van der Waals surface area (Å²) in [5.74, 6) is 0. The topological polar surface area (TPSA) is 33.7 Å². The first-order valence-electron chi connectivity index (χ1n) is 7.44. The number of benzene rings is 1. The van der Waals surface area contributed by atoms with Crippen LogP contribution in [0.1, 0.15) is 12.5 Å². The fraction of sp³-hybridized carbons (Fsp3) is 0.625. The van der Waals surface area contributed by atoms with E-state index < -0.39 is 0 Å². The van der Waals surface area contributed by atoms with Crippen LogP contribution in [0.2, 0.25) is 0 Å². The van der Waals surface area contributed by atoms with Crippen LogP contribution >= 0.6 is 0 Å². The number of morpholine rings is 1. The first kappa shape index (κ1) is 13.9. The summed E-state index contributed by atoms with van der Waals surface area (Å²) in [6, 6.07) is 8.80. The highest BCUT2D eigenvalue weighted by Gasteiger charge is 2.32. The van der Waals surface area contributed by atoms with Crippen molar-refractivity contribution in [3.63, 3.8) is 0 Å². The highest BCUT2D eigenvalue weighted by molar-refractivity contribution is 5.44. The lowest BCUT2D eigenvalue weighted by Crippen LogP contribution is -2.45. The third kappa shape index (κ3) is 3.51. The lowest BCUT2D eigenvalue weighted by Gasteiger charge is -2.38. The van der Waals surface area contributed by atoms with Crippen LogP contribution in [0.3, 0.4) is 0 Å². The lowest BCUT2D eigenvalue weighted by atomic mass is 9.89. The molecule has 1 N–H and O–H groups in total. The van der Waals surface area contributed by atoms with E-state index in [-0.39, 0.29) is 0 Å². The Morgan fingerprint density at radius 3 is 2.40 bits per heavy atom. The van der Waals surface area contributed by atoms with Gasteiger partial charge in [-0.15, -0.1) is 0 Å². The molecule has 1 aromatic carbocycles. The maximum atomic E-state index is 5.37. The number of hydrogen-bond donors (Lipinski definition) is 1. The largest absolute Gasteiger partial charge is 0.384 e. The molecule has 0 bridgehead atoms. The summed E-state index contributed by atoms with van der Waals surface area (Å²) in [5, 5.41) is 3.50. The molecule has 0 radical (unpaired) electrons. The van der Waals surface area contributed by atoms with Gasteiger partial charge in [0.2, 0.25) is 0 Å². The smallest absolute Gasteiger partial charge is 0.0594 e. The zero-order chi connectivity index (χ0) is 13.8. The van der Waals surface area contributed by atoms with E-state index in [1.165, 1.54) is 11.3 Å². The summed E-state index contributed by atoms with van der Waals surface area (Å²) >= 11 is 0. The van der Waals surface area contributed by atoms with Gasteiger partial charge in [-0.2, -0.15) is 0 Å². The molecule has 3 rings (SSSR count). The van der Waals surface area contributed by atoms with E-state index in [4.69, 9.17) is 9.47 Å². The van der Waals surface area contributed by atoms with Crippen molar-refractivity contribution in [2.45, 2.75) is 13.5 Å². The maximum Gasteiger partial charge on any atom is 0.0594 e. The summed E-state index contributed by atoms with van der Waals surface area (Å²) in [5.41, 5.74) is 2.88. The second-order valence-corrected chi connectivity index (χ2v) is 6.24. The van der Waals surface area contributed by atoms with Gasteiger partial charge in [-0.3, -0.25) is 4.90 Å². The molecule has 2 aliphatic heterocycles. The molecule has 1 aromatic rings. The summed E-state index contributed by atoms with van der Waals surface area (Å²) in [6.45, 7) is 9.81. The van der Waals surface area contributed by atoms with Crippen molar-refractivity contribution < 1.29 is 9.47 Å². The van der Waals surface area contributed by atoms with Crippen LogP contribution < -0.4 is 5.32 Å². The number of anilines is 1. The standard InChI is InChI=1S/C16H24N2O2/c1-16(12-20-13-16)11-17-15-4-2-14(3-5-15)10-18-6-8-19-9-7-18/h2-5,17H,6-13H2,1H3. The zero-order valence-electron chi connectivity index (χ0n) is 12.2. The molecule has 20 heavy (non-hydrogen) atoms. The second-order valence-electron chi connectivity index (χ2n) is 6.24. The first-order valence-corrected chi connectivity index (χ1v) is 7.44. The minimum Gasteiger partial charge on any atom is -0.384 e. The predicted octanol–water partition coefficient (Wildman–Crippen LogP) is 1.97. The molecule has 2 aliphatic rings. The molecule has 4 nitrogen and oxygen atoms in total. The summed E-state index contributed by atoms with van der Waals surface area (Å²) < 4.78 is 10.6. The van der Waals surface area contributed by atoms with Gasteiger partial charge in [-0.1, -0.05) is 19.1 Å². The predicted molar refractivity (Wildman–Crippen MR) is 80.0 cm³/mol. The fourth-order valence-electron chi connectivity index (χ4n) is 2.61. The van der Waals surface area contributed by atoms with Crippen LogP contribution in [0.15, 0.2) is 24.3 Å². The number of nitrogens with zero attached hydrogens (tertiary/aromatic N) is 1. The van der Waals surface area contributed by atoms with Gasteiger partial charge in [0.15, 0.2) is 0 Å². The Labute approximate surface area is 121 Å². The van der Waals surface area contributed by atoms with Gasteiger partial charge in [0.25, 0.3) is 0 Å². The lowest BCUT2D eigenvalue weighted by molar-refractivity contribution is -0.0924. The van der Waals surface area contributed by atoms with E-state index in [0.29, 0.717) is 5.41 Å². The van der Waals surface area contributed by atoms with Crippen molar-refractivity contribution in [2.75, 3.05) is 51.4 Å². The summed E-state index contributed by atoms with van der Waals surface area (Å²) in [7, 11) is 0. The molecule has 2 heterocycles. The van der Waals surface area contributed by atoms with E-state index in [0.717, 1.165) is 52.6 Å². The minimum atomic E-state index is 0.312. The van der Waals surface area contributed by atoms with Gasteiger partial charge in [-0.25, -0.2) is 0 Å². The highest BCUT2D eigenvalue weighted by Crippen LogP contribution is 2.26. The maximum absolute atomic E-state index is 5.37. The second kappa shape index (κ2) is 6.12. The molecular formula is C16H24N2O2. The van der Waals surface area contributed by atoms with Crippen LogP contribution in [0.5, 0.6) is 0 Å². The van der Waals surface area contributed by atoms with Crippen molar-refractivity contribution >= 4 is 5.69 Å². The Hall–Kier alpha value is -1.10. The van der Waals surface area contributed by atoms with Gasteiger partial charge < -0.3 is 14.8 Å². The molecule has 0 amide bonds. The Morgan fingerprint density at radius 2 is 1.80 bits per heavy atom. The molecular weight excluding hydrogens is 252 g/mol. The van der Waals surface area contributed by atoms with Crippen LogP contribution in [-0.4, -0.2) is 51.0 Å². The van der Waals surface area contributed by atoms with Crippen LogP contribution in [0, 0.1) is 5.41 Å². The Bertz CT molecular complexity index is 423.